The van der Waals surface area contributed by atoms with Crippen LogP contribution >= 0.6 is 11.6 Å². The van der Waals surface area contributed by atoms with E-state index in [0.717, 1.165) is 0 Å². The molecule has 1 fully saturated rings. The standard InChI is InChI=1S/C19H19ClF2N4O3/c1-9(10-4-2-3-5-12(10)21)23-16-11-6-7-26(17(11)25-19(20)24-16)18-14(22)15(28)13(8-27)29-18/h2-7,9,13-15,18,27-28H,8H2,1H3,(H,23,24,25)/t9?,13-,14+,15-,18-/m1/s1. The highest BCUT2D eigenvalue weighted by Gasteiger charge is 2.45. The predicted octanol–water partition coefficient (Wildman–Crippen LogP) is 2.99. The zero-order valence-electron chi connectivity index (χ0n) is 15.3. The Balaban J connectivity index is 1.70. The van der Waals surface area contributed by atoms with E-state index in [1.807, 2.05) is 0 Å². The van der Waals surface area contributed by atoms with E-state index in [0.29, 0.717) is 16.8 Å². The van der Waals surface area contributed by atoms with Crippen LogP contribution in [-0.4, -0.2) is 49.7 Å². The van der Waals surface area contributed by atoms with Crippen LogP contribution in [0.4, 0.5) is 14.6 Å². The van der Waals surface area contributed by atoms with Gasteiger partial charge in [-0.15, -0.1) is 0 Å². The molecule has 2 aromatic heterocycles. The van der Waals surface area contributed by atoms with E-state index in [1.165, 1.54) is 10.6 Å². The lowest BCUT2D eigenvalue weighted by Crippen LogP contribution is -2.30. The Hall–Kier alpha value is -2.33. The molecule has 1 aliphatic rings. The normalized spacial score (nSPS) is 25.4. The van der Waals surface area contributed by atoms with Crippen LogP contribution in [0.5, 0.6) is 0 Å². The molecule has 0 amide bonds. The number of hydrogen-bond donors (Lipinski definition) is 3. The van der Waals surface area contributed by atoms with Crippen LogP contribution in [0.3, 0.4) is 0 Å². The van der Waals surface area contributed by atoms with Crippen molar-refractivity contribution in [3.63, 3.8) is 0 Å². The van der Waals surface area contributed by atoms with E-state index >= 15 is 0 Å². The molecule has 10 heteroatoms. The molecule has 3 aromatic rings. The lowest BCUT2D eigenvalue weighted by atomic mass is 10.1. The van der Waals surface area contributed by atoms with Crippen molar-refractivity contribution in [1.82, 2.24) is 14.5 Å². The van der Waals surface area contributed by atoms with E-state index < -0.39 is 37.3 Å². The van der Waals surface area contributed by atoms with Crippen LogP contribution in [0.2, 0.25) is 5.28 Å². The van der Waals surface area contributed by atoms with Crippen LogP contribution in [0, 0.1) is 5.82 Å². The van der Waals surface area contributed by atoms with Gasteiger partial charge in [0.15, 0.2) is 12.4 Å². The Kier molecular flexibility index (Phi) is 5.39. The van der Waals surface area contributed by atoms with Gasteiger partial charge in [-0.2, -0.15) is 4.98 Å². The van der Waals surface area contributed by atoms with Gasteiger partial charge >= 0.3 is 0 Å². The summed E-state index contributed by atoms with van der Waals surface area (Å²) in [5, 5.41) is 22.7. The second kappa shape index (κ2) is 7.83. The maximum absolute atomic E-state index is 14.5. The number of alkyl halides is 1. The van der Waals surface area contributed by atoms with Gasteiger partial charge in [-0.1, -0.05) is 18.2 Å². The minimum absolute atomic E-state index is 0.0895. The number of aliphatic hydroxyl groups excluding tert-OH is 2. The van der Waals surface area contributed by atoms with Crippen molar-refractivity contribution in [2.24, 2.45) is 0 Å². The summed E-state index contributed by atoms with van der Waals surface area (Å²) in [6, 6.07) is 7.59. The number of halogens is 3. The van der Waals surface area contributed by atoms with Crippen LogP contribution in [0.15, 0.2) is 36.5 Å². The molecular formula is C19H19ClF2N4O3. The summed E-state index contributed by atoms with van der Waals surface area (Å²) in [4.78, 5) is 8.35. The second-order valence-electron chi connectivity index (χ2n) is 6.87. The molecule has 0 aliphatic carbocycles. The third-order valence-corrected chi connectivity index (χ3v) is 5.19. The average molecular weight is 425 g/mol. The fourth-order valence-corrected chi connectivity index (χ4v) is 3.67. The van der Waals surface area contributed by atoms with Crippen molar-refractivity contribution in [3.8, 4) is 0 Å². The van der Waals surface area contributed by atoms with E-state index in [-0.39, 0.29) is 16.7 Å². The van der Waals surface area contributed by atoms with Crippen molar-refractivity contribution >= 4 is 28.5 Å². The van der Waals surface area contributed by atoms with Crippen LogP contribution < -0.4 is 5.32 Å². The lowest BCUT2D eigenvalue weighted by molar-refractivity contribution is -0.0457. The van der Waals surface area contributed by atoms with Crippen molar-refractivity contribution in [2.45, 2.75) is 37.6 Å². The highest BCUT2D eigenvalue weighted by molar-refractivity contribution is 6.28. The van der Waals surface area contributed by atoms with E-state index in [2.05, 4.69) is 15.3 Å². The molecule has 0 radical (unpaired) electrons. The first-order valence-electron chi connectivity index (χ1n) is 9.04. The zero-order valence-corrected chi connectivity index (χ0v) is 16.1. The first-order chi connectivity index (χ1) is 13.9. The van der Waals surface area contributed by atoms with Gasteiger partial charge in [0.25, 0.3) is 0 Å². The molecule has 29 heavy (non-hydrogen) atoms. The van der Waals surface area contributed by atoms with Gasteiger partial charge in [0, 0.05) is 11.8 Å². The molecule has 1 saturated heterocycles. The van der Waals surface area contributed by atoms with Gasteiger partial charge in [-0.25, -0.2) is 13.8 Å². The third kappa shape index (κ3) is 3.55. The number of anilines is 1. The molecule has 1 aromatic carbocycles. The molecule has 3 N–H and O–H groups in total. The summed E-state index contributed by atoms with van der Waals surface area (Å²) in [7, 11) is 0. The minimum Gasteiger partial charge on any atom is -0.394 e. The van der Waals surface area contributed by atoms with E-state index in [9.17, 15) is 19.0 Å². The maximum Gasteiger partial charge on any atom is 0.226 e. The second-order valence-corrected chi connectivity index (χ2v) is 7.21. The van der Waals surface area contributed by atoms with Gasteiger partial charge in [0.1, 0.15) is 29.5 Å². The third-order valence-electron chi connectivity index (χ3n) is 5.02. The van der Waals surface area contributed by atoms with Gasteiger partial charge in [0.05, 0.1) is 18.0 Å². The topological polar surface area (TPSA) is 92.4 Å². The highest BCUT2D eigenvalue weighted by atomic mass is 35.5. The molecule has 3 heterocycles. The molecule has 4 rings (SSSR count). The van der Waals surface area contributed by atoms with Crippen LogP contribution in [-0.2, 0) is 4.74 Å². The molecule has 1 unspecified atom stereocenters. The molecule has 7 nitrogen and oxygen atoms in total. The first kappa shape index (κ1) is 20.0. The predicted molar refractivity (Wildman–Crippen MR) is 103 cm³/mol. The molecule has 5 atom stereocenters. The summed E-state index contributed by atoms with van der Waals surface area (Å²) in [5.41, 5.74) is 0.735. The molecule has 0 spiro atoms. The van der Waals surface area contributed by atoms with Gasteiger partial charge in [0.2, 0.25) is 5.28 Å². The van der Waals surface area contributed by atoms with E-state index in [1.54, 1.807) is 37.4 Å². The highest BCUT2D eigenvalue weighted by Crippen LogP contribution is 2.36. The largest absolute Gasteiger partial charge is 0.394 e. The number of nitrogens with zero attached hydrogens (tertiary/aromatic N) is 3. The van der Waals surface area contributed by atoms with Gasteiger partial charge in [-0.3, -0.25) is 0 Å². The monoisotopic (exact) mass is 424 g/mol. The van der Waals surface area contributed by atoms with Crippen molar-refractivity contribution in [3.05, 3.63) is 53.2 Å². The Bertz CT molecular complexity index is 1030. The number of hydrogen-bond acceptors (Lipinski definition) is 6. The summed E-state index contributed by atoms with van der Waals surface area (Å²) in [6.45, 7) is 1.26. The van der Waals surface area contributed by atoms with Gasteiger partial charge < -0.3 is 24.8 Å². The van der Waals surface area contributed by atoms with Crippen molar-refractivity contribution in [1.29, 1.82) is 0 Å². The molecule has 0 bridgehead atoms. The zero-order chi connectivity index (χ0) is 20.7. The van der Waals surface area contributed by atoms with Gasteiger partial charge in [-0.05, 0) is 30.7 Å². The van der Waals surface area contributed by atoms with Crippen molar-refractivity contribution in [2.75, 3.05) is 11.9 Å². The molecule has 154 valence electrons. The van der Waals surface area contributed by atoms with Crippen LogP contribution in [0.1, 0.15) is 24.8 Å². The first-order valence-corrected chi connectivity index (χ1v) is 9.42. The molecule has 0 saturated carbocycles. The number of ether oxygens (including phenoxy) is 1. The summed E-state index contributed by atoms with van der Waals surface area (Å²) < 4.78 is 35.5. The molecular weight excluding hydrogens is 406 g/mol. The Morgan fingerprint density at radius 2 is 2.07 bits per heavy atom. The van der Waals surface area contributed by atoms with Crippen molar-refractivity contribution < 1.29 is 23.7 Å². The quantitative estimate of drug-likeness (QED) is 0.545. The summed E-state index contributed by atoms with van der Waals surface area (Å²) in [6.07, 6.45) is -3.90. The minimum atomic E-state index is -1.76. The number of aliphatic hydroxyl groups is 2. The number of fused-ring (bicyclic) bond motifs is 1. The molecule has 1 aliphatic heterocycles. The Morgan fingerprint density at radius 1 is 1.31 bits per heavy atom. The maximum atomic E-state index is 14.5. The SMILES string of the molecule is CC(Nc1nc(Cl)nc2c1ccn2[C@@H]1O[C@H](CO)[C@@H](O)[C@@H]1F)c1ccccc1F. The number of aromatic nitrogens is 3. The lowest BCUT2D eigenvalue weighted by Gasteiger charge is -2.18. The summed E-state index contributed by atoms with van der Waals surface area (Å²) >= 11 is 6.07. The fraction of sp³-hybridized carbons (Fsp3) is 0.368. The Morgan fingerprint density at radius 3 is 2.76 bits per heavy atom. The average Bonchev–Trinajstić information content (AvgIpc) is 3.23. The summed E-state index contributed by atoms with van der Waals surface area (Å²) in [5.74, 6) is -0.00714. The number of benzene rings is 1. The van der Waals surface area contributed by atoms with E-state index in [4.69, 9.17) is 16.3 Å². The Labute approximate surface area is 169 Å². The van der Waals surface area contributed by atoms with Crippen LogP contribution in [0.25, 0.3) is 11.0 Å². The fourth-order valence-electron chi connectivity index (χ4n) is 3.51. The smallest absolute Gasteiger partial charge is 0.226 e. The number of rotatable bonds is 5. The number of nitrogens with one attached hydrogen (secondary N) is 1.